The molecule has 0 bridgehead atoms. The summed E-state index contributed by atoms with van der Waals surface area (Å²) in [5.41, 5.74) is 0.425. The van der Waals surface area contributed by atoms with Crippen molar-refractivity contribution in [2.45, 2.75) is 0 Å². The van der Waals surface area contributed by atoms with Crippen LogP contribution in [0.3, 0.4) is 0 Å². The van der Waals surface area contributed by atoms with Crippen LogP contribution in [0.5, 0.6) is 0 Å². The Morgan fingerprint density at radius 3 is 2.79 bits per heavy atom. The first-order valence-electron chi connectivity index (χ1n) is 5.77. The van der Waals surface area contributed by atoms with Crippen LogP contribution in [0.2, 0.25) is 0 Å². The first kappa shape index (κ1) is 12.9. The van der Waals surface area contributed by atoms with Crippen molar-refractivity contribution in [1.29, 1.82) is 0 Å². The van der Waals surface area contributed by atoms with Crippen molar-refractivity contribution in [2.24, 2.45) is 5.92 Å². The van der Waals surface area contributed by atoms with E-state index in [-0.39, 0.29) is 18.4 Å². The number of rotatable bonds is 4. The average molecular weight is 259 g/mol. The number of carboxylic acids is 1. The molecule has 2 rings (SSSR count). The summed E-state index contributed by atoms with van der Waals surface area (Å²) in [6.45, 7) is 1.07. The number of aliphatic carboxylic acids is 1. The Labute approximate surface area is 110 Å². The fourth-order valence-corrected chi connectivity index (χ4v) is 1.76. The van der Waals surface area contributed by atoms with Crippen LogP contribution in [0, 0.1) is 18.3 Å². The minimum absolute atomic E-state index is 0.174. The van der Waals surface area contributed by atoms with Crippen LogP contribution in [0.25, 0.3) is 0 Å². The summed E-state index contributed by atoms with van der Waals surface area (Å²) in [6.07, 6.45) is 6.50. The minimum atomic E-state index is -0.790. The lowest BCUT2D eigenvalue weighted by atomic mass is 10.0. The summed E-state index contributed by atoms with van der Waals surface area (Å²) in [7, 11) is 0. The molecule has 1 aliphatic heterocycles. The number of nitrogens with one attached hydrogen (secondary N) is 1. The van der Waals surface area contributed by atoms with Gasteiger partial charge in [-0.05, 0) is 12.1 Å². The standard InChI is InChI=1S/C13H13N3O3/c1-2-5-14-12(17)9-3-4-11(15-6-9)16-7-10(8-16)13(18)19/h1,3-4,6,10H,5,7-8H2,(H,14,17)(H,18,19). The quantitative estimate of drug-likeness (QED) is 0.742. The maximum Gasteiger partial charge on any atom is 0.310 e. The van der Waals surface area contributed by atoms with Gasteiger partial charge in [-0.2, -0.15) is 0 Å². The molecule has 1 aromatic heterocycles. The fraction of sp³-hybridized carbons (Fsp3) is 0.308. The van der Waals surface area contributed by atoms with Gasteiger partial charge in [0.15, 0.2) is 0 Å². The molecule has 6 heteroatoms. The Morgan fingerprint density at radius 1 is 1.53 bits per heavy atom. The lowest BCUT2D eigenvalue weighted by Crippen LogP contribution is -2.50. The Hall–Kier alpha value is -2.55. The highest BCUT2D eigenvalue weighted by Gasteiger charge is 2.33. The van der Waals surface area contributed by atoms with E-state index >= 15 is 0 Å². The summed E-state index contributed by atoms with van der Waals surface area (Å²) in [5.74, 6) is 1.59. The van der Waals surface area contributed by atoms with E-state index in [4.69, 9.17) is 11.5 Å². The molecule has 6 nitrogen and oxygen atoms in total. The lowest BCUT2D eigenvalue weighted by molar-refractivity contribution is -0.142. The molecule has 0 saturated carbocycles. The van der Waals surface area contributed by atoms with Gasteiger partial charge in [0.1, 0.15) is 5.82 Å². The number of hydrogen-bond acceptors (Lipinski definition) is 4. The number of carbonyl (C=O) groups is 2. The van der Waals surface area contributed by atoms with Gasteiger partial charge >= 0.3 is 5.97 Å². The number of anilines is 1. The molecule has 0 aliphatic carbocycles. The molecule has 0 unspecified atom stereocenters. The predicted molar refractivity (Wildman–Crippen MR) is 68.7 cm³/mol. The molecule has 0 aromatic carbocycles. The number of carboxylic acid groups (broad SMARTS) is 1. The summed E-state index contributed by atoms with van der Waals surface area (Å²) < 4.78 is 0. The number of nitrogens with zero attached hydrogens (tertiary/aromatic N) is 2. The molecule has 1 fully saturated rings. The van der Waals surface area contributed by atoms with E-state index in [1.165, 1.54) is 6.20 Å². The molecular formula is C13H13N3O3. The molecule has 98 valence electrons. The van der Waals surface area contributed by atoms with Gasteiger partial charge < -0.3 is 15.3 Å². The van der Waals surface area contributed by atoms with Crippen LogP contribution in [-0.2, 0) is 4.79 Å². The van der Waals surface area contributed by atoms with E-state index in [9.17, 15) is 9.59 Å². The second kappa shape index (κ2) is 5.40. The Balaban J connectivity index is 1.95. The summed E-state index contributed by atoms with van der Waals surface area (Å²) >= 11 is 0. The summed E-state index contributed by atoms with van der Waals surface area (Å²) in [6, 6.07) is 3.34. The van der Waals surface area contributed by atoms with Gasteiger partial charge in [-0.3, -0.25) is 9.59 Å². The molecule has 1 saturated heterocycles. The molecule has 1 amide bonds. The Kier molecular flexibility index (Phi) is 3.66. The van der Waals surface area contributed by atoms with Gasteiger partial charge in [0.05, 0.1) is 18.0 Å². The number of terminal acetylenes is 1. The van der Waals surface area contributed by atoms with Crippen LogP contribution in [-0.4, -0.2) is 41.6 Å². The van der Waals surface area contributed by atoms with E-state index in [2.05, 4.69) is 16.2 Å². The van der Waals surface area contributed by atoms with Crippen LogP contribution < -0.4 is 10.2 Å². The molecule has 2 heterocycles. The van der Waals surface area contributed by atoms with Crippen molar-refractivity contribution in [1.82, 2.24) is 10.3 Å². The molecule has 0 atom stereocenters. The maximum atomic E-state index is 11.6. The first-order chi connectivity index (χ1) is 9.11. The average Bonchev–Trinajstić information content (AvgIpc) is 2.34. The SMILES string of the molecule is C#CCNC(=O)c1ccc(N2CC(C(=O)O)C2)nc1. The van der Waals surface area contributed by atoms with E-state index in [0.717, 1.165) is 0 Å². The minimum Gasteiger partial charge on any atom is -0.481 e. The zero-order valence-electron chi connectivity index (χ0n) is 10.2. The monoisotopic (exact) mass is 259 g/mol. The Morgan fingerprint density at radius 2 is 2.26 bits per heavy atom. The van der Waals surface area contributed by atoms with Crippen molar-refractivity contribution >= 4 is 17.7 Å². The van der Waals surface area contributed by atoms with Crippen molar-refractivity contribution in [3.05, 3.63) is 23.9 Å². The zero-order valence-corrected chi connectivity index (χ0v) is 10.2. The van der Waals surface area contributed by atoms with Crippen molar-refractivity contribution in [2.75, 3.05) is 24.5 Å². The fourth-order valence-electron chi connectivity index (χ4n) is 1.76. The second-order valence-corrected chi connectivity index (χ2v) is 4.23. The number of hydrogen-bond donors (Lipinski definition) is 2. The predicted octanol–water partition coefficient (Wildman–Crippen LogP) is -0.0346. The van der Waals surface area contributed by atoms with Gasteiger partial charge in [-0.25, -0.2) is 4.98 Å². The molecule has 2 N–H and O–H groups in total. The largest absolute Gasteiger partial charge is 0.481 e. The van der Waals surface area contributed by atoms with Crippen molar-refractivity contribution in [3.8, 4) is 12.3 Å². The van der Waals surface area contributed by atoms with Gasteiger partial charge in [-0.1, -0.05) is 5.92 Å². The van der Waals surface area contributed by atoms with Gasteiger partial charge in [0.2, 0.25) is 0 Å². The third kappa shape index (κ3) is 2.83. The molecule has 0 spiro atoms. The Bertz CT molecular complexity index is 527. The van der Waals surface area contributed by atoms with Crippen molar-refractivity contribution in [3.63, 3.8) is 0 Å². The number of aromatic nitrogens is 1. The van der Waals surface area contributed by atoms with E-state index in [1.54, 1.807) is 12.1 Å². The highest BCUT2D eigenvalue weighted by molar-refractivity contribution is 5.94. The van der Waals surface area contributed by atoms with Gasteiger partial charge in [0.25, 0.3) is 5.91 Å². The van der Waals surface area contributed by atoms with Crippen molar-refractivity contribution < 1.29 is 14.7 Å². The van der Waals surface area contributed by atoms with Gasteiger partial charge in [0, 0.05) is 19.3 Å². The summed E-state index contributed by atoms with van der Waals surface area (Å²) in [5, 5.41) is 11.3. The van der Waals surface area contributed by atoms with E-state index in [0.29, 0.717) is 24.5 Å². The third-order valence-corrected chi connectivity index (χ3v) is 2.92. The van der Waals surface area contributed by atoms with E-state index < -0.39 is 5.97 Å². The maximum absolute atomic E-state index is 11.6. The smallest absolute Gasteiger partial charge is 0.310 e. The molecular weight excluding hydrogens is 246 g/mol. The van der Waals surface area contributed by atoms with Crippen LogP contribution in [0.15, 0.2) is 18.3 Å². The number of amides is 1. The molecule has 19 heavy (non-hydrogen) atoms. The first-order valence-corrected chi connectivity index (χ1v) is 5.77. The molecule has 1 aliphatic rings. The number of pyridine rings is 1. The third-order valence-electron chi connectivity index (χ3n) is 2.92. The second-order valence-electron chi connectivity index (χ2n) is 4.23. The van der Waals surface area contributed by atoms with Crippen LogP contribution >= 0.6 is 0 Å². The molecule has 0 radical (unpaired) electrons. The van der Waals surface area contributed by atoms with E-state index in [1.807, 2.05) is 4.90 Å². The van der Waals surface area contributed by atoms with Crippen LogP contribution in [0.1, 0.15) is 10.4 Å². The van der Waals surface area contributed by atoms with Crippen LogP contribution in [0.4, 0.5) is 5.82 Å². The lowest BCUT2D eigenvalue weighted by Gasteiger charge is -2.37. The highest BCUT2D eigenvalue weighted by Crippen LogP contribution is 2.22. The number of carbonyl (C=O) groups excluding carboxylic acids is 1. The summed E-state index contributed by atoms with van der Waals surface area (Å²) in [4.78, 5) is 28.3. The zero-order chi connectivity index (χ0) is 13.8. The molecule has 1 aromatic rings. The van der Waals surface area contributed by atoms with Gasteiger partial charge in [-0.15, -0.1) is 6.42 Å². The topological polar surface area (TPSA) is 82.5 Å². The normalized spacial score (nSPS) is 14.4. The highest BCUT2D eigenvalue weighted by atomic mass is 16.4.